The van der Waals surface area contributed by atoms with Gasteiger partial charge in [0.05, 0.1) is 24.0 Å². The van der Waals surface area contributed by atoms with Crippen LogP contribution in [0.25, 0.3) is 0 Å². The minimum Gasteiger partial charge on any atom is -0.394 e. The largest absolute Gasteiger partial charge is 0.394 e. The number of benzene rings is 1. The van der Waals surface area contributed by atoms with Gasteiger partial charge in [-0.25, -0.2) is 4.39 Å². The van der Waals surface area contributed by atoms with E-state index < -0.39 is 5.60 Å². The number of aliphatic hydroxyl groups is 1. The van der Waals surface area contributed by atoms with E-state index >= 15 is 0 Å². The lowest BCUT2D eigenvalue weighted by molar-refractivity contribution is -0.101. The number of hydrogen-bond donors (Lipinski definition) is 2. The Morgan fingerprint density at radius 3 is 2.85 bits per heavy atom. The minimum absolute atomic E-state index is 0.0908. The van der Waals surface area contributed by atoms with E-state index in [4.69, 9.17) is 22.7 Å². The number of nitrogens with two attached hydrogens (primary N) is 1. The molecule has 0 aliphatic carbocycles. The van der Waals surface area contributed by atoms with Crippen molar-refractivity contribution in [2.24, 2.45) is 5.73 Å². The first-order valence-electron chi connectivity index (χ1n) is 6.45. The molecule has 0 aromatic heterocycles. The Labute approximate surface area is 123 Å². The highest BCUT2D eigenvalue weighted by Gasteiger charge is 2.34. The summed E-state index contributed by atoms with van der Waals surface area (Å²) in [6.07, 6.45) is -0.326. The highest BCUT2D eigenvalue weighted by molar-refractivity contribution is 7.80. The number of morpholine rings is 1. The van der Waals surface area contributed by atoms with Crippen LogP contribution in [0.1, 0.15) is 19.4 Å². The Kier molecular flexibility index (Phi) is 4.27. The number of hydrogen-bond acceptors (Lipinski definition) is 4. The standard InChI is InChI=1S/C14H19FN2O2S/c1-14(2)8-17(6-10(7-18)19-14)12-4-3-9(13(16)20)5-11(12)15/h3-5,10,18H,6-8H2,1-2H3,(H2,16,20). The van der Waals surface area contributed by atoms with E-state index in [1.54, 1.807) is 12.1 Å². The van der Waals surface area contributed by atoms with E-state index in [1.165, 1.54) is 6.07 Å². The molecule has 1 heterocycles. The second kappa shape index (κ2) is 5.63. The van der Waals surface area contributed by atoms with Crippen molar-refractivity contribution in [1.82, 2.24) is 0 Å². The Balaban J connectivity index is 2.28. The first-order valence-corrected chi connectivity index (χ1v) is 6.86. The van der Waals surface area contributed by atoms with Gasteiger partial charge in [-0.3, -0.25) is 0 Å². The van der Waals surface area contributed by atoms with Gasteiger partial charge < -0.3 is 20.5 Å². The highest BCUT2D eigenvalue weighted by Crippen LogP contribution is 2.28. The monoisotopic (exact) mass is 298 g/mol. The molecule has 2 rings (SSSR count). The van der Waals surface area contributed by atoms with E-state index in [-0.39, 0.29) is 23.5 Å². The molecule has 0 spiro atoms. The molecular weight excluding hydrogens is 279 g/mol. The van der Waals surface area contributed by atoms with E-state index in [0.29, 0.717) is 24.3 Å². The molecule has 1 unspecified atom stereocenters. The molecule has 1 aromatic carbocycles. The molecule has 4 nitrogen and oxygen atoms in total. The van der Waals surface area contributed by atoms with Crippen LogP contribution in [0.2, 0.25) is 0 Å². The number of rotatable bonds is 3. The molecule has 1 aromatic rings. The van der Waals surface area contributed by atoms with Crippen molar-refractivity contribution in [2.45, 2.75) is 25.6 Å². The zero-order chi connectivity index (χ0) is 14.9. The number of thiocarbonyl (C=S) groups is 1. The highest BCUT2D eigenvalue weighted by atomic mass is 32.1. The minimum atomic E-state index is -0.445. The van der Waals surface area contributed by atoms with Crippen molar-refractivity contribution in [2.75, 3.05) is 24.6 Å². The second-order valence-corrected chi connectivity index (χ2v) is 6.03. The SMILES string of the molecule is CC1(C)CN(c2ccc(C(N)=S)cc2F)CC(CO)O1. The van der Waals surface area contributed by atoms with Crippen molar-refractivity contribution >= 4 is 22.9 Å². The van der Waals surface area contributed by atoms with Gasteiger partial charge in [0.15, 0.2) is 0 Å². The number of nitrogens with zero attached hydrogens (tertiary/aromatic N) is 1. The van der Waals surface area contributed by atoms with Gasteiger partial charge in [0.2, 0.25) is 0 Å². The summed E-state index contributed by atoms with van der Waals surface area (Å²) in [7, 11) is 0. The molecular formula is C14H19FN2O2S. The van der Waals surface area contributed by atoms with Crippen molar-refractivity contribution in [3.8, 4) is 0 Å². The maximum Gasteiger partial charge on any atom is 0.147 e. The molecule has 0 radical (unpaired) electrons. The number of aliphatic hydroxyl groups excluding tert-OH is 1. The molecule has 0 bridgehead atoms. The predicted molar refractivity (Wildman–Crippen MR) is 80.5 cm³/mol. The van der Waals surface area contributed by atoms with E-state index in [0.717, 1.165) is 0 Å². The third-order valence-electron chi connectivity index (χ3n) is 3.26. The number of halogens is 1. The van der Waals surface area contributed by atoms with Crippen molar-refractivity contribution in [3.05, 3.63) is 29.6 Å². The fourth-order valence-corrected chi connectivity index (χ4v) is 2.62. The third kappa shape index (κ3) is 3.26. The molecule has 110 valence electrons. The average molecular weight is 298 g/mol. The van der Waals surface area contributed by atoms with Gasteiger partial charge >= 0.3 is 0 Å². The normalized spacial score (nSPS) is 21.8. The summed E-state index contributed by atoms with van der Waals surface area (Å²) in [5.74, 6) is -0.371. The van der Waals surface area contributed by atoms with Gasteiger partial charge in [-0.1, -0.05) is 12.2 Å². The van der Waals surface area contributed by atoms with Crippen molar-refractivity contribution in [3.63, 3.8) is 0 Å². The van der Waals surface area contributed by atoms with Crippen LogP contribution in [0.5, 0.6) is 0 Å². The van der Waals surface area contributed by atoms with Crippen LogP contribution < -0.4 is 10.6 Å². The van der Waals surface area contributed by atoms with Gasteiger partial charge in [-0.05, 0) is 32.0 Å². The van der Waals surface area contributed by atoms with E-state index in [2.05, 4.69) is 0 Å². The summed E-state index contributed by atoms with van der Waals surface area (Å²) in [6, 6.07) is 4.71. The fourth-order valence-electron chi connectivity index (χ4n) is 2.49. The first-order chi connectivity index (χ1) is 9.32. The lowest BCUT2D eigenvalue weighted by Gasteiger charge is -2.43. The molecule has 1 fully saturated rings. The molecule has 0 saturated carbocycles. The Morgan fingerprint density at radius 2 is 2.30 bits per heavy atom. The Hall–Kier alpha value is -1.24. The zero-order valence-corrected chi connectivity index (χ0v) is 12.4. The molecule has 20 heavy (non-hydrogen) atoms. The predicted octanol–water partition coefficient (Wildman–Crippen LogP) is 1.44. The van der Waals surface area contributed by atoms with Crippen LogP contribution in [0.15, 0.2) is 18.2 Å². The number of anilines is 1. The zero-order valence-electron chi connectivity index (χ0n) is 11.6. The molecule has 6 heteroatoms. The molecule has 1 aliphatic heterocycles. The molecule has 3 N–H and O–H groups in total. The Bertz CT molecular complexity index is 522. The van der Waals surface area contributed by atoms with Crippen LogP contribution in [0.3, 0.4) is 0 Å². The van der Waals surface area contributed by atoms with Gasteiger partial charge in [0.25, 0.3) is 0 Å². The maximum atomic E-state index is 14.2. The summed E-state index contributed by atoms with van der Waals surface area (Å²) < 4.78 is 19.9. The van der Waals surface area contributed by atoms with Gasteiger partial charge in [0, 0.05) is 18.7 Å². The van der Waals surface area contributed by atoms with Gasteiger partial charge in [-0.15, -0.1) is 0 Å². The van der Waals surface area contributed by atoms with E-state index in [9.17, 15) is 9.50 Å². The third-order valence-corrected chi connectivity index (χ3v) is 3.49. The average Bonchev–Trinajstić information content (AvgIpc) is 2.36. The maximum absolute atomic E-state index is 14.2. The lowest BCUT2D eigenvalue weighted by atomic mass is 10.0. The van der Waals surface area contributed by atoms with E-state index in [1.807, 2.05) is 18.7 Å². The quantitative estimate of drug-likeness (QED) is 0.827. The van der Waals surface area contributed by atoms with Gasteiger partial charge in [0.1, 0.15) is 10.8 Å². The molecule has 1 aliphatic rings. The van der Waals surface area contributed by atoms with Crippen molar-refractivity contribution in [1.29, 1.82) is 0 Å². The van der Waals surface area contributed by atoms with Crippen molar-refractivity contribution < 1.29 is 14.2 Å². The fraction of sp³-hybridized carbons (Fsp3) is 0.500. The Morgan fingerprint density at radius 1 is 1.60 bits per heavy atom. The molecule has 1 atom stereocenters. The van der Waals surface area contributed by atoms with Crippen LogP contribution in [0, 0.1) is 5.82 Å². The first kappa shape index (κ1) is 15.2. The van der Waals surface area contributed by atoms with Crippen LogP contribution >= 0.6 is 12.2 Å². The summed E-state index contributed by atoms with van der Waals surface area (Å²) in [4.78, 5) is 2.05. The van der Waals surface area contributed by atoms with Crippen LogP contribution in [-0.4, -0.2) is 41.5 Å². The molecule has 0 amide bonds. The van der Waals surface area contributed by atoms with Crippen LogP contribution in [0.4, 0.5) is 10.1 Å². The number of ether oxygens (including phenoxy) is 1. The summed E-state index contributed by atoms with van der Waals surface area (Å²) in [5.41, 5.74) is 6.03. The van der Waals surface area contributed by atoms with Crippen LogP contribution in [-0.2, 0) is 4.74 Å². The second-order valence-electron chi connectivity index (χ2n) is 5.59. The topological polar surface area (TPSA) is 58.7 Å². The summed E-state index contributed by atoms with van der Waals surface area (Å²) in [5, 5.41) is 9.30. The van der Waals surface area contributed by atoms with Gasteiger partial charge in [-0.2, -0.15) is 0 Å². The smallest absolute Gasteiger partial charge is 0.147 e. The summed E-state index contributed by atoms with van der Waals surface area (Å²) >= 11 is 4.84. The summed E-state index contributed by atoms with van der Waals surface area (Å²) in [6.45, 7) is 4.74. The lowest BCUT2D eigenvalue weighted by Crippen LogP contribution is -2.54. The molecule has 1 saturated heterocycles.